The molecular weight excluding hydrogens is 360 g/mol. The van der Waals surface area contributed by atoms with E-state index in [9.17, 15) is 14.9 Å². The molecule has 0 amide bonds. The van der Waals surface area contributed by atoms with Crippen LogP contribution in [0.2, 0.25) is 0 Å². The van der Waals surface area contributed by atoms with Gasteiger partial charge in [0, 0.05) is 6.07 Å². The Labute approximate surface area is 160 Å². The first-order valence-corrected chi connectivity index (χ1v) is 8.24. The molecular formula is C21H14N2O5. The van der Waals surface area contributed by atoms with E-state index in [1.54, 1.807) is 42.5 Å². The fourth-order valence-electron chi connectivity index (χ4n) is 2.43. The highest BCUT2D eigenvalue weighted by Crippen LogP contribution is 2.20. The number of furan rings is 1. The van der Waals surface area contributed by atoms with E-state index in [0.29, 0.717) is 22.8 Å². The number of allylic oxidation sites excluding steroid dienone is 1. The predicted molar refractivity (Wildman–Crippen MR) is 101 cm³/mol. The lowest BCUT2D eigenvalue weighted by atomic mass is 10.1. The second-order valence-electron chi connectivity index (χ2n) is 5.70. The van der Waals surface area contributed by atoms with E-state index in [1.807, 2.05) is 6.07 Å². The molecule has 0 radical (unpaired) electrons. The Kier molecular flexibility index (Phi) is 5.63. The van der Waals surface area contributed by atoms with Gasteiger partial charge >= 0.3 is 0 Å². The molecule has 0 aliphatic carbocycles. The van der Waals surface area contributed by atoms with Crippen LogP contribution in [0.5, 0.6) is 5.75 Å². The van der Waals surface area contributed by atoms with Crippen LogP contribution in [0.4, 0.5) is 5.69 Å². The van der Waals surface area contributed by atoms with Crippen LogP contribution in [-0.2, 0) is 6.61 Å². The molecule has 0 atom stereocenters. The molecule has 0 aliphatic heterocycles. The van der Waals surface area contributed by atoms with Crippen molar-refractivity contribution in [3.63, 3.8) is 0 Å². The number of para-hydroxylation sites is 1. The summed E-state index contributed by atoms with van der Waals surface area (Å²) in [7, 11) is 0. The minimum atomic E-state index is -0.591. The van der Waals surface area contributed by atoms with Gasteiger partial charge in [-0.15, -0.1) is 0 Å². The van der Waals surface area contributed by atoms with Gasteiger partial charge in [-0.25, -0.2) is 0 Å². The van der Waals surface area contributed by atoms with Crippen molar-refractivity contribution in [2.45, 2.75) is 6.61 Å². The molecule has 0 fully saturated rings. The molecule has 28 heavy (non-hydrogen) atoms. The van der Waals surface area contributed by atoms with Gasteiger partial charge in [0.25, 0.3) is 5.69 Å². The van der Waals surface area contributed by atoms with Crippen molar-refractivity contribution in [2.75, 3.05) is 0 Å². The first-order chi connectivity index (χ1) is 13.6. The molecule has 3 rings (SSSR count). The van der Waals surface area contributed by atoms with Crippen molar-refractivity contribution in [1.82, 2.24) is 0 Å². The van der Waals surface area contributed by atoms with Crippen LogP contribution in [0, 0.1) is 21.4 Å². The number of ether oxygens (including phenoxy) is 1. The molecule has 1 aromatic heterocycles. The number of nitro benzene ring substituents is 1. The SMILES string of the molecule is N#Cc1ccc(OCc2ccc(/C=C/C(=O)c3ccccc3[N+](=O)[O-])o2)cc1. The summed E-state index contributed by atoms with van der Waals surface area (Å²) in [5.41, 5.74) is 0.314. The predicted octanol–water partition coefficient (Wildman–Crippen LogP) is 4.53. The standard InChI is InChI=1S/C21H14N2O5/c22-13-15-5-7-16(8-6-15)27-14-18-10-9-17(28-18)11-12-21(24)19-3-1-2-4-20(19)23(25)26/h1-12H,14H2/b12-11+. The molecule has 7 heteroatoms. The largest absolute Gasteiger partial charge is 0.486 e. The quantitative estimate of drug-likeness (QED) is 0.260. The van der Waals surface area contributed by atoms with E-state index in [4.69, 9.17) is 14.4 Å². The van der Waals surface area contributed by atoms with Gasteiger partial charge in [-0.05, 0) is 54.6 Å². The van der Waals surface area contributed by atoms with E-state index in [2.05, 4.69) is 0 Å². The molecule has 0 saturated carbocycles. The van der Waals surface area contributed by atoms with E-state index in [1.165, 1.54) is 30.4 Å². The van der Waals surface area contributed by atoms with Gasteiger partial charge in [0.1, 0.15) is 23.9 Å². The minimum Gasteiger partial charge on any atom is -0.486 e. The maximum atomic E-state index is 12.2. The maximum Gasteiger partial charge on any atom is 0.280 e. The third-order valence-electron chi connectivity index (χ3n) is 3.81. The third-order valence-corrected chi connectivity index (χ3v) is 3.81. The lowest BCUT2D eigenvalue weighted by Gasteiger charge is -2.03. The average molecular weight is 374 g/mol. The van der Waals surface area contributed by atoms with Gasteiger partial charge in [-0.3, -0.25) is 14.9 Å². The highest BCUT2D eigenvalue weighted by molar-refractivity contribution is 6.09. The van der Waals surface area contributed by atoms with Crippen molar-refractivity contribution in [1.29, 1.82) is 5.26 Å². The third kappa shape index (κ3) is 4.51. The monoisotopic (exact) mass is 374 g/mol. The minimum absolute atomic E-state index is 0.0136. The molecule has 7 nitrogen and oxygen atoms in total. The molecule has 0 aliphatic rings. The summed E-state index contributed by atoms with van der Waals surface area (Å²) in [4.78, 5) is 22.7. The molecule has 0 spiro atoms. The first-order valence-electron chi connectivity index (χ1n) is 8.24. The maximum absolute atomic E-state index is 12.2. The Morgan fingerprint density at radius 2 is 1.89 bits per heavy atom. The van der Waals surface area contributed by atoms with Crippen molar-refractivity contribution in [3.05, 3.63) is 99.5 Å². The van der Waals surface area contributed by atoms with E-state index >= 15 is 0 Å². The summed E-state index contributed by atoms with van der Waals surface area (Å²) >= 11 is 0. The summed E-state index contributed by atoms with van der Waals surface area (Å²) in [6, 6.07) is 17.9. The van der Waals surface area contributed by atoms with Crippen LogP contribution in [0.3, 0.4) is 0 Å². The summed E-state index contributed by atoms with van der Waals surface area (Å²) in [6.45, 7) is 0.178. The topological polar surface area (TPSA) is 106 Å². The van der Waals surface area contributed by atoms with Gasteiger partial charge in [0.05, 0.1) is 22.1 Å². The van der Waals surface area contributed by atoms with Gasteiger partial charge in [0.2, 0.25) is 0 Å². The summed E-state index contributed by atoms with van der Waals surface area (Å²) in [5, 5.41) is 19.8. The number of hydrogen-bond donors (Lipinski definition) is 0. The van der Waals surface area contributed by atoms with Crippen LogP contribution in [-0.4, -0.2) is 10.7 Å². The van der Waals surface area contributed by atoms with Crippen LogP contribution in [0.15, 0.2) is 71.2 Å². The number of carbonyl (C=O) groups excluding carboxylic acids is 1. The van der Waals surface area contributed by atoms with Crippen molar-refractivity contribution in [2.24, 2.45) is 0 Å². The summed E-state index contributed by atoms with van der Waals surface area (Å²) in [6.07, 6.45) is 2.68. The number of hydrogen-bond acceptors (Lipinski definition) is 6. The lowest BCUT2D eigenvalue weighted by molar-refractivity contribution is -0.385. The number of benzene rings is 2. The zero-order valence-electron chi connectivity index (χ0n) is 14.6. The zero-order valence-corrected chi connectivity index (χ0v) is 14.6. The second-order valence-corrected chi connectivity index (χ2v) is 5.70. The smallest absolute Gasteiger partial charge is 0.280 e. The first kappa shape index (κ1) is 18.6. The van der Waals surface area contributed by atoms with E-state index < -0.39 is 10.7 Å². The molecule has 0 saturated heterocycles. The summed E-state index contributed by atoms with van der Waals surface area (Å²) < 4.78 is 11.1. The molecule has 1 heterocycles. The Morgan fingerprint density at radius 1 is 1.14 bits per heavy atom. The van der Waals surface area contributed by atoms with Gasteiger partial charge < -0.3 is 9.15 Å². The fraction of sp³-hybridized carbons (Fsp3) is 0.0476. The van der Waals surface area contributed by atoms with Crippen LogP contribution in [0.1, 0.15) is 27.4 Å². The van der Waals surface area contributed by atoms with Gasteiger partial charge in [0.15, 0.2) is 5.78 Å². The Morgan fingerprint density at radius 3 is 2.61 bits per heavy atom. The number of nitro groups is 1. The van der Waals surface area contributed by atoms with Crippen molar-refractivity contribution >= 4 is 17.5 Å². The normalized spacial score (nSPS) is 10.5. The van der Waals surface area contributed by atoms with Crippen LogP contribution < -0.4 is 4.74 Å². The Bertz CT molecular complexity index is 1070. The zero-order chi connectivity index (χ0) is 19.9. The molecule has 0 unspecified atom stereocenters. The number of carbonyl (C=O) groups is 1. The molecule has 138 valence electrons. The highest BCUT2D eigenvalue weighted by atomic mass is 16.6. The van der Waals surface area contributed by atoms with Crippen molar-refractivity contribution < 1.29 is 18.9 Å². The molecule has 2 aromatic carbocycles. The number of nitriles is 1. The molecule has 3 aromatic rings. The Balaban J connectivity index is 1.63. The second kappa shape index (κ2) is 8.47. The van der Waals surface area contributed by atoms with Crippen LogP contribution in [0.25, 0.3) is 6.08 Å². The number of rotatable bonds is 7. The van der Waals surface area contributed by atoms with E-state index in [-0.39, 0.29) is 17.9 Å². The number of nitrogens with zero attached hydrogens (tertiary/aromatic N) is 2. The molecule has 0 N–H and O–H groups in total. The summed E-state index contributed by atoms with van der Waals surface area (Å²) in [5.74, 6) is 1.07. The highest BCUT2D eigenvalue weighted by Gasteiger charge is 2.17. The van der Waals surface area contributed by atoms with Gasteiger partial charge in [-0.2, -0.15) is 5.26 Å². The lowest BCUT2D eigenvalue weighted by Crippen LogP contribution is -2.00. The Hall–Kier alpha value is -4.18. The number of ketones is 1. The van der Waals surface area contributed by atoms with Gasteiger partial charge in [-0.1, -0.05) is 12.1 Å². The van der Waals surface area contributed by atoms with Crippen molar-refractivity contribution in [3.8, 4) is 11.8 Å². The van der Waals surface area contributed by atoms with Crippen LogP contribution >= 0.6 is 0 Å². The van der Waals surface area contributed by atoms with E-state index in [0.717, 1.165) is 0 Å². The molecule has 0 bridgehead atoms. The fourth-order valence-corrected chi connectivity index (χ4v) is 2.43. The average Bonchev–Trinajstić information content (AvgIpc) is 3.18.